The molecule has 3 heteroatoms. The number of rotatable bonds is 0. The predicted molar refractivity (Wildman–Crippen MR) is 27.9 cm³/mol. The Balaban J connectivity index is 2.83. The third-order valence-electron chi connectivity index (χ3n) is 1.10. The molecule has 0 aromatic rings. The van der Waals surface area contributed by atoms with E-state index in [0.717, 1.165) is 6.08 Å². The van der Waals surface area contributed by atoms with Crippen LogP contribution in [0.15, 0.2) is 24.1 Å². The van der Waals surface area contributed by atoms with Gasteiger partial charge in [0.25, 0.3) is 0 Å². The Kier molecular flexibility index (Phi) is 1.35. The van der Waals surface area contributed by atoms with Gasteiger partial charge < -0.3 is 0 Å². The fourth-order valence-corrected chi connectivity index (χ4v) is 0.588. The number of hydrogen-bond donors (Lipinski definition) is 0. The van der Waals surface area contributed by atoms with E-state index in [2.05, 4.69) is 0 Å². The van der Waals surface area contributed by atoms with Gasteiger partial charge in [0.1, 0.15) is 0 Å². The number of halogens is 3. The molecule has 9 heavy (non-hydrogen) atoms. The van der Waals surface area contributed by atoms with Crippen LogP contribution in [0.3, 0.4) is 0 Å². The van der Waals surface area contributed by atoms with Gasteiger partial charge in [-0.3, -0.25) is 0 Å². The maximum absolute atomic E-state index is 12.1. The van der Waals surface area contributed by atoms with Crippen molar-refractivity contribution in [3.8, 4) is 0 Å². The molecule has 1 rings (SSSR count). The van der Waals surface area contributed by atoms with Crippen LogP contribution in [0.1, 0.15) is 6.42 Å². The summed E-state index contributed by atoms with van der Waals surface area (Å²) in [5, 5.41) is 0. The van der Waals surface area contributed by atoms with Crippen molar-refractivity contribution in [2.24, 2.45) is 0 Å². The van der Waals surface area contributed by atoms with E-state index in [9.17, 15) is 13.2 Å². The van der Waals surface area contributed by atoms with E-state index < -0.39 is 18.2 Å². The molecule has 0 heterocycles. The minimum atomic E-state index is -3.26. The van der Waals surface area contributed by atoms with E-state index in [1.807, 2.05) is 0 Å². The van der Waals surface area contributed by atoms with E-state index in [-0.39, 0.29) is 0 Å². The molecule has 0 saturated heterocycles. The van der Waals surface area contributed by atoms with Gasteiger partial charge in [-0.15, -0.1) is 0 Å². The molecule has 0 aromatic heterocycles. The van der Waals surface area contributed by atoms with Gasteiger partial charge in [-0.1, -0.05) is 12.2 Å². The second kappa shape index (κ2) is 1.90. The summed E-state index contributed by atoms with van der Waals surface area (Å²) in [6.07, 6.45) is 2.79. The van der Waals surface area contributed by atoms with Gasteiger partial charge in [-0.25, -0.2) is 4.39 Å². The quantitative estimate of drug-likeness (QED) is 0.477. The highest BCUT2D eigenvalue weighted by molar-refractivity contribution is 5.19. The maximum atomic E-state index is 12.1. The van der Waals surface area contributed by atoms with Crippen molar-refractivity contribution in [2.45, 2.75) is 12.3 Å². The normalized spacial score (nSPS) is 23.7. The molecule has 0 aromatic carbocycles. The largest absolute Gasteiger partial charge is 0.302 e. The number of alkyl halides is 2. The first-order valence-electron chi connectivity index (χ1n) is 2.53. The zero-order valence-electron chi connectivity index (χ0n) is 4.57. The van der Waals surface area contributed by atoms with Crippen LogP contribution in [0, 0.1) is 0 Å². The lowest BCUT2D eigenvalue weighted by molar-refractivity contribution is 0.0200. The average Bonchev–Trinajstić information content (AvgIpc) is 1.77. The maximum Gasteiger partial charge on any atom is 0.302 e. The van der Waals surface area contributed by atoms with Gasteiger partial charge in [0.15, 0.2) is 5.83 Å². The lowest BCUT2D eigenvalue weighted by atomic mass is 10.1. The van der Waals surface area contributed by atoms with Crippen LogP contribution in [0.5, 0.6) is 0 Å². The lowest BCUT2D eigenvalue weighted by Crippen LogP contribution is -2.16. The van der Waals surface area contributed by atoms with Gasteiger partial charge in [0, 0.05) is 6.42 Å². The lowest BCUT2D eigenvalue weighted by Gasteiger charge is -2.13. The highest BCUT2D eigenvalue weighted by Crippen LogP contribution is 2.31. The molecule has 0 nitrogen and oxygen atoms in total. The van der Waals surface area contributed by atoms with Crippen molar-refractivity contribution in [3.05, 3.63) is 24.1 Å². The Morgan fingerprint density at radius 1 is 1.44 bits per heavy atom. The molecule has 50 valence electrons. The van der Waals surface area contributed by atoms with E-state index in [0.29, 0.717) is 0 Å². The third kappa shape index (κ3) is 1.15. The van der Waals surface area contributed by atoms with Gasteiger partial charge in [0.05, 0.1) is 0 Å². The molecule has 0 saturated carbocycles. The van der Waals surface area contributed by atoms with Crippen LogP contribution >= 0.6 is 0 Å². The Morgan fingerprint density at radius 2 is 2.11 bits per heavy atom. The number of allylic oxidation sites excluding steroid dienone is 4. The van der Waals surface area contributed by atoms with Crippen LogP contribution in [0.4, 0.5) is 13.2 Å². The zero-order valence-corrected chi connectivity index (χ0v) is 4.57. The molecule has 0 amide bonds. The highest BCUT2D eigenvalue weighted by Gasteiger charge is 2.34. The molecule has 1 aliphatic rings. The van der Waals surface area contributed by atoms with Crippen molar-refractivity contribution in [3.63, 3.8) is 0 Å². The fraction of sp³-hybridized carbons (Fsp3) is 0.333. The van der Waals surface area contributed by atoms with Crippen molar-refractivity contribution in [1.29, 1.82) is 0 Å². The topological polar surface area (TPSA) is 0 Å². The highest BCUT2D eigenvalue weighted by atomic mass is 19.3. The van der Waals surface area contributed by atoms with E-state index in [4.69, 9.17) is 0 Å². The molecular weight excluding hydrogens is 129 g/mol. The van der Waals surface area contributed by atoms with Crippen molar-refractivity contribution in [1.82, 2.24) is 0 Å². The van der Waals surface area contributed by atoms with Crippen molar-refractivity contribution in [2.75, 3.05) is 0 Å². The summed E-state index contributed by atoms with van der Waals surface area (Å²) in [6, 6.07) is 0. The van der Waals surface area contributed by atoms with Crippen molar-refractivity contribution >= 4 is 0 Å². The summed E-state index contributed by atoms with van der Waals surface area (Å²) in [5.41, 5.74) is 0. The smallest absolute Gasteiger partial charge is 0.205 e. The minimum Gasteiger partial charge on any atom is -0.205 e. The van der Waals surface area contributed by atoms with Gasteiger partial charge in [-0.05, 0) is 6.08 Å². The summed E-state index contributed by atoms with van der Waals surface area (Å²) >= 11 is 0. The van der Waals surface area contributed by atoms with Crippen LogP contribution in [-0.2, 0) is 0 Å². The molecule has 0 atom stereocenters. The van der Waals surface area contributed by atoms with E-state index >= 15 is 0 Å². The second-order valence-corrected chi connectivity index (χ2v) is 1.85. The van der Waals surface area contributed by atoms with Crippen LogP contribution in [0.2, 0.25) is 0 Å². The average molecular weight is 134 g/mol. The summed E-state index contributed by atoms with van der Waals surface area (Å²) in [6.45, 7) is 0. The Bertz CT molecular complexity index is 167. The van der Waals surface area contributed by atoms with E-state index in [1.54, 1.807) is 0 Å². The zero-order chi connectivity index (χ0) is 6.91. The standard InChI is InChI=1S/C6H5F3/c7-5-3-1-2-4-6(5,8)9/h1-3H,4H2. The van der Waals surface area contributed by atoms with Crippen LogP contribution in [-0.4, -0.2) is 5.92 Å². The minimum absolute atomic E-state index is 0.519. The number of hydrogen-bond acceptors (Lipinski definition) is 0. The van der Waals surface area contributed by atoms with Crippen molar-refractivity contribution < 1.29 is 13.2 Å². The Hall–Kier alpha value is -0.730. The predicted octanol–water partition coefficient (Wildman–Crippen LogP) is 2.44. The fourth-order valence-electron chi connectivity index (χ4n) is 0.588. The summed E-state index contributed by atoms with van der Waals surface area (Å²) in [5.74, 6) is -4.60. The Morgan fingerprint density at radius 3 is 2.44 bits per heavy atom. The molecular formula is C6H5F3. The molecule has 0 spiro atoms. The summed E-state index contributed by atoms with van der Waals surface area (Å²) in [7, 11) is 0. The molecule has 1 aliphatic carbocycles. The molecule has 0 bridgehead atoms. The van der Waals surface area contributed by atoms with E-state index in [1.165, 1.54) is 12.2 Å². The van der Waals surface area contributed by atoms with Crippen LogP contribution in [0.25, 0.3) is 0 Å². The molecule has 0 aliphatic heterocycles. The third-order valence-corrected chi connectivity index (χ3v) is 1.10. The van der Waals surface area contributed by atoms with Crippen LogP contribution < -0.4 is 0 Å². The first-order valence-corrected chi connectivity index (χ1v) is 2.53. The monoisotopic (exact) mass is 134 g/mol. The first kappa shape index (κ1) is 6.39. The summed E-state index contributed by atoms with van der Waals surface area (Å²) in [4.78, 5) is 0. The SMILES string of the molecule is FC1=CC=CCC1(F)F. The molecule has 0 unspecified atom stereocenters. The second-order valence-electron chi connectivity index (χ2n) is 1.85. The Labute approximate surface area is 50.7 Å². The van der Waals surface area contributed by atoms with Gasteiger partial charge in [0.2, 0.25) is 0 Å². The first-order chi connectivity index (χ1) is 4.13. The molecule has 0 fully saturated rings. The molecule has 0 N–H and O–H groups in total. The summed E-state index contributed by atoms with van der Waals surface area (Å²) < 4.78 is 36.2. The van der Waals surface area contributed by atoms with Gasteiger partial charge in [-0.2, -0.15) is 8.78 Å². The van der Waals surface area contributed by atoms with Gasteiger partial charge >= 0.3 is 5.92 Å². The molecule has 0 radical (unpaired) electrons.